The monoisotopic (exact) mass is 490 g/mol. The van der Waals surface area contributed by atoms with E-state index in [0.29, 0.717) is 31.2 Å². The number of hydrogen-bond donors (Lipinski definition) is 2. The molecule has 1 aliphatic heterocycles. The Bertz CT molecular complexity index is 1080. The number of nitrogens with one attached hydrogen (secondary N) is 2. The molecule has 0 atom stereocenters. The Kier molecular flexibility index (Phi) is 8.87. The van der Waals surface area contributed by atoms with E-state index in [1.807, 2.05) is 42.5 Å². The van der Waals surface area contributed by atoms with Crippen LogP contribution >= 0.6 is 11.6 Å². The van der Waals surface area contributed by atoms with Crippen molar-refractivity contribution in [2.24, 2.45) is 0 Å². The van der Waals surface area contributed by atoms with Gasteiger partial charge in [-0.15, -0.1) is 0 Å². The van der Waals surface area contributed by atoms with E-state index in [2.05, 4.69) is 14.9 Å². The Morgan fingerprint density at radius 3 is 2.42 bits per heavy atom. The Morgan fingerprint density at radius 1 is 1.00 bits per heavy atom. The number of benzene rings is 2. The van der Waals surface area contributed by atoms with Crippen LogP contribution in [0.25, 0.3) is 6.08 Å². The minimum absolute atomic E-state index is 0.0558. The predicted molar refractivity (Wildman–Crippen MR) is 130 cm³/mol. The molecular formula is C23H27ClN4O4S. The summed E-state index contributed by atoms with van der Waals surface area (Å²) in [6.45, 7) is 2.29. The number of carbonyl (C=O) groups excluding carboxylic acids is 2. The molecule has 8 nitrogen and oxygen atoms in total. The molecule has 2 N–H and O–H groups in total. The molecule has 0 aliphatic carbocycles. The van der Waals surface area contributed by atoms with Gasteiger partial charge in [-0.05, 0) is 29.8 Å². The summed E-state index contributed by atoms with van der Waals surface area (Å²) in [4.78, 5) is 28.3. The zero-order valence-corrected chi connectivity index (χ0v) is 19.7. The van der Waals surface area contributed by atoms with Crippen molar-refractivity contribution in [2.45, 2.75) is 6.42 Å². The minimum atomic E-state index is -3.65. The standard InChI is InChI=1S/C23H27ClN4O4S/c24-20-7-4-8-21(17-20)27-12-14-28(15-13-27)23(30)18-25-22(29)9-11-26-33(31,32)16-10-19-5-2-1-3-6-19/h1-8,10,16-17,26H,9,11-15,18H2,(H,25,29)/b16-10+. The zero-order valence-electron chi connectivity index (χ0n) is 18.1. The fourth-order valence-electron chi connectivity index (χ4n) is 3.35. The van der Waals surface area contributed by atoms with E-state index >= 15 is 0 Å². The molecule has 0 unspecified atom stereocenters. The third kappa shape index (κ3) is 8.20. The van der Waals surface area contributed by atoms with Gasteiger partial charge in [0.25, 0.3) is 0 Å². The molecular weight excluding hydrogens is 464 g/mol. The molecule has 176 valence electrons. The molecule has 0 aromatic heterocycles. The van der Waals surface area contributed by atoms with Crippen molar-refractivity contribution in [3.8, 4) is 0 Å². The van der Waals surface area contributed by atoms with Crippen LogP contribution in [0.2, 0.25) is 5.02 Å². The lowest BCUT2D eigenvalue weighted by molar-refractivity contribution is -0.133. The van der Waals surface area contributed by atoms with Crippen molar-refractivity contribution in [1.29, 1.82) is 0 Å². The first-order valence-electron chi connectivity index (χ1n) is 10.6. The van der Waals surface area contributed by atoms with E-state index in [1.54, 1.807) is 17.0 Å². The molecule has 1 aliphatic rings. The molecule has 0 radical (unpaired) electrons. The van der Waals surface area contributed by atoms with Crippen LogP contribution in [0.4, 0.5) is 5.69 Å². The summed E-state index contributed by atoms with van der Waals surface area (Å²) in [7, 11) is -3.65. The molecule has 1 heterocycles. The molecule has 3 rings (SSSR count). The molecule has 2 aromatic carbocycles. The number of halogens is 1. The van der Waals surface area contributed by atoms with Gasteiger partial charge >= 0.3 is 0 Å². The van der Waals surface area contributed by atoms with E-state index in [0.717, 1.165) is 16.7 Å². The van der Waals surface area contributed by atoms with Crippen molar-refractivity contribution in [1.82, 2.24) is 14.9 Å². The predicted octanol–water partition coefficient (Wildman–Crippen LogP) is 2.09. The number of amides is 2. The van der Waals surface area contributed by atoms with Gasteiger partial charge in [-0.2, -0.15) is 0 Å². The smallest absolute Gasteiger partial charge is 0.242 e. The van der Waals surface area contributed by atoms with Gasteiger partial charge in [0, 0.05) is 55.3 Å². The Morgan fingerprint density at radius 2 is 1.73 bits per heavy atom. The highest BCUT2D eigenvalue weighted by molar-refractivity contribution is 7.92. The maximum Gasteiger partial charge on any atom is 0.242 e. The van der Waals surface area contributed by atoms with Crippen LogP contribution in [0.15, 0.2) is 60.0 Å². The normalized spacial score (nSPS) is 14.5. The quantitative estimate of drug-likeness (QED) is 0.560. The lowest BCUT2D eigenvalue weighted by Crippen LogP contribution is -2.51. The first-order chi connectivity index (χ1) is 15.8. The molecule has 1 saturated heterocycles. The SMILES string of the molecule is O=C(CCNS(=O)(=O)/C=C/c1ccccc1)NCC(=O)N1CCN(c2cccc(Cl)c2)CC1. The third-order valence-electron chi connectivity index (χ3n) is 5.14. The largest absolute Gasteiger partial charge is 0.368 e. The van der Waals surface area contributed by atoms with Crippen LogP contribution in [0.3, 0.4) is 0 Å². The second-order valence-corrected chi connectivity index (χ2v) is 9.61. The molecule has 0 spiro atoms. The van der Waals surface area contributed by atoms with Crippen LogP contribution in [-0.2, 0) is 19.6 Å². The number of nitrogens with zero attached hydrogens (tertiary/aromatic N) is 2. The fourth-order valence-corrected chi connectivity index (χ4v) is 4.35. The van der Waals surface area contributed by atoms with E-state index < -0.39 is 15.9 Å². The zero-order chi connectivity index (χ0) is 23.7. The van der Waals surface area contributed by atoms with Gasteiger partial charge in [0.2, 0.25) is 21.8 Å². The van der Waals surface area contributed by atoms with E-state index in [4.69, 9.17) is 11.6 Å². The van der Waals surface area contributed by atoms with Crippen molar-refractivity contribution >= 4 is 45.2 Å². The lowest BCUT2D eigenvalue weighted by Gasteiger charge is -2.36. The maximum atomic E-state index is 12.4. The van der Waals surface area contributed by atoms with Crippen LogP contribution in [0.1, 0.15) is 12.0 Å². The van der Waals surface area contributed by atoms with Crippen molar-refractivity contribution in [3.63, 3.8) is 0 Å². The van der Waals surface area contributed by atoms with Gasteiger partial charge in [-0.1, -0.05) is 48.0 Å². The summed E-state index contributed by atoms with van der Waals surface area (Å²) in [6.07, 6.45) is 1.42. The fraction of sp³-hybridized carbons (Fsp3) is 0.304. The summed E-state index contributed by atoms with van der Waals surface area (Å²) in [5.74, 6) is -0.559. The highest BCUT2D eigenvalue weighted by Crippen LogP contribution is 2.20. The number of rotatable bonds is 9. The summed E-state index contributed by atoms with van der Waals surface area (Å²) in [6, 6.07) is 16.6. The summed E-state index contributed by atoms with van der Waals surface area (Å²) >= 11 is 6.04. The van der Waals surface area contributed by atoms with Gasteiger partial charge in [-0.25, -0.2) is 13.1 Å². The minimum Gasteiger partial charge on any atom is -0.368 e. The second kappa shape index (κ2) is 11.8. The van der Waals surface area contributed by atoms with Crippen LogP contribution in [0, 0.1) is 0 Å². The lowest BCUT2D eigenvalue weighted by atomic mass is 10.2. The van der Waals surface area contributed by atoms with E-state index in [9.17, 15) is 18.0 Å². The number of carbonyl (C=O) groups is 2. The molecule has 1 fully saturated rings. The van der Waals surface area contributed by atoms with E-state index in [1.165, 1.54) is 6.08 Å². The van der Waals surface area contributed by atoms with Gasteiger partial charge in [-0.3, -0.25) is 9.59 Å². The van der Waals surface area contributed by atoms with Crippen LogP contribution in [0.5, 0.6) is 0 Å². The van der Waals surface area contributed by atoms with Gasteiger partial charge < -0.3 is 15.1 Å². The van der Waals surface area contributed by atoms with Crippen LogP contribution < -0.4 is 14.9 Å². The third-order valence-corrected chi connectivity index (χ3v) is 6.47. The highest BCUT2D eigenvalue weighted by atomic mass is 35.5. The number of piperazine rings is 1. The molecule has 0 bridgehead atoms. The van der Waals surface area contributed by atoms with Gasteiger partial charge in [0.1, 0.15) is 0 Å². The van der Waals surface area contributed by atoms with Gasteiger partial charge in [0.05, 0.1) is 6.54 Å². The molecule has 2 aromatic rings. The first-order valence-corrected chi connectivity index (χ1v) is 12.5. The second-order valence-electron chi connectivity index (χ2n) is 7.53. The maximum absolute atomic E-state index is 12.4. The summed E-state index contributed by atoms with van der Waals surface area (Å²) in [5, 5.41) is 4.29. The highest BCUT2D eigenvalue weighted by Gasteiger charge is 2.21. The molecule has 0 saturated carbocycles. The van der Waals surface area contributed by atoms with Crippen molar-refractivity contribution < 1.29 is 18.0 Å². The Hall–Kier alpha value is -2.88. The molecule has 2 amide bonds. The van der Waals surface area contributed by atoms with Gasteiger partial charge in [0.15, 0.2) is 0 Å². The van der Waals surface area contributed by atoms with Crippen molar-refractivity contribution in [2.75, 3.05) is 44.2 Å². The first kappa shape index (κ1) is 24.8. The number of hydrogen-bond acceptors (Lipinski definition) is 5. The average Bonchev–Trinajstić information content (AvgIpc) is 2.82. The topological polar surface area (TPSA) is 98.8 Å². The van der Waals surface area contributed by atoms with Crippen LogP contribution in [-0.4, -0.2) is 64.4 Å². The molecule has 33 heavy (non-hydrogen) atoms. The summed E-state index contributed by atoms with van der Waals surface area (Å²) in [5.41, 5.74) is 1.77. The number of sulfonamides is 1. The number of anilines is 1. The van der Waals surface area contributed by atoms with E-state index in [-0.39, 0.29) is 25.4 Å². The van der Waals surface area contributed by atoms with Crippen molar-refractivity contribution in [3.05, 3.63) is 70.6 Å². The Balaban J connectivity index is 1.34. The average molecular weight is 491 g/mol. The summed E-state index contributed by atoms with van der Waals surface area (Å²) < 4.78 is 26.4. The molecule has 10 heteroatoms. The Labute approximate surface area is 199 Å².